The van der Waals surface area contributed by atoms with Gasteiger partial charge in [-0.2, -0.15) is 5.10 Å². The highest BCUT2D eigenvalue weighted by atomic mass is 79.9. The van der Waals surface area contributed by atoms with Crippen LogP contribution < -0.4 is 10.9 Å². The number of hydrogen-bond donors (Lipinski definition) is 2. The van der Waals surface area contributed by atoms with E-state index in [4.69, 9.17) is 0 Å². The maximum atomic E-state index is 12.0. The van der Waals surface area contributed by atoms with Crippen LogP contribution in [0.2, 0.25) is 0 Å². The minimum atomic E-state index is -0.338. The quantitative estimate of drug-likeness (QED) is 0.802. The SMILES string of the molecule is CCCCn1ncc(NCC(O)C2CC2)c(Br)c1=O. The Morgan fingerprint density at radius 2 is 2.37 bits per heavy atom. The van der Waals surface area contributed by atoms with Gasteiger partial charge in [-0.3, -0.25) is 4.79 Å². The van der Waals surface area contributed by atoms with Crippen LogP contribution in [0.4, 0.5) is 5.69 Å². The zero-order valence-corrected chi connectivity index (χ0v) is 12.7. The van der Waals surface area contributed by atoms with Gasteiger partial charge >= 0.3 is 0 Å². The molecule has 0 aliphatic heterocycles. The number of rotatable bonds is 7. The van der Waals surface area contributed by atoms with Gasteiger partial charge in [-0.25, -0.2) is 4.68 Å². The smallest absolute Gasteiger partial charge is 0.283 e. The van der Waals surface area contributed by atoms with E-state index in [1.165, 1.54) is 4.68 Å². The number of anilines is 1. The molecule has 1 aliphatic carbocycles. The number of aryl methyl sites for hydroxylation is 1. The van der Waals surface area contributed by atoms with E-state index in [-0.39, 0.29) is 11.7 Å². The first-order valence-electron chi connectivity index (χ1n) is 6.81. The Morgan fingerprint density at radius 3 is 3.00 bits per heavy atom. The van der Waals surface area contributed by atoms with Crippen molar-refractivity contribution in [3.8, 4) is 0 Å². The van der Waals surface area contributed by atoms with Gasteiger partial charge < -0.3 is 10.4 Å². The molecule has 19 heavy (non-hydrogen) atoms. The molecular weight excluding hydrogens is 310 g/mol. The molecule has 2 N–H and O–H groups in total. The number of aliphatic hydroxyl groups excluding tert-OH is 1. The second-order valence-electron chi connectivity index (χ2n) is 5.04. The molecule has 1 aromatic heterocycles. The molecule has 0 amide bonds. The number of unbranched alkanes of at least 4 members (excludes halogenated alkanes) is 1. The summed E-state index contributed by atoms with van der Waals surface area (Å²) >= 11 is 3.31. The van der Waals surface area contributed by atoms with E-state index in [2.05, 4.69) is 33.3 Å². The number of aliphatic hydroxyl groups is 1. The predicted molar refractivity (Wildman–Crippen MR) is 78.3 cm³/mol. The minimum Gasteiger partial charge on any atom is -0.391 e. The third-order valence-electron chi connectivity index (χ3n) is 3.38. The highest BCUT2D eigenvalue weighted by Crippen LogP contribution is 2.32. The summed E-state index contributed by atoms with van der Waals surface area (Å²) in [7, 11) is 0. The molecule has 0 bridgehead atoms. The number of aromatic nitrogens is 2. The van der Waals surface area contributed by atoms with Crippen LogP contribution in [0, 0.1) is 5.92 Å². The number of nitrogens with one attached hydrogen (secondary N) is 1. The molecule has 0 saturated heterocycles. The zero-order valence-electron chi connectivity index (χ0n) is 11.1. The lowest BCUT2D eigenvalue weighted by molar-refractivity contribution is 0.164. The van der Waals surface area contributed by atoms with Crippen molar-refractivity contribution in [3.63, 3.8) is 0 Å². The highest BCUT2D eigenvalue weighted by molar-refractivity contribution is 9.10. The molecule has 2 rings (SSSR count). The molecule has 106 valence electrons. The summed E-state index contributed by atoms with van der Waals surface area (Å²) < 4.78 is 1.96. The fourth-order valence-electron chi connectivity index (χ4n) is 1.92. The molecule has 5 nitrogen and oxygen atoms in total. The predicted octanol–water partition coefficient (Wildman–Crippen LogP) is 1.99. The first-order chi connectivity index (χ1) is 9.13. The van der Waals surface area contributed by atoms with Crippen molar-refractivity contribution in [1.82, 2.24) is 9.78 Å². The zero-order chi connectivity index (χ0) is 13.8. The second-order valence-corrected chi connectivity index (χ2v) is 5.83. The average molecular weight is 330 g/mol. The van der Waals surface area contributed by atoms with Crippen LogP contribution in [0.1, 0.15) is 32.6 Å². The Labute approximate surface area is 121 Å². The minimum absolute atomic E-state index is 0.126. The lowest BCUT2D eigenvalue weighted by Crippen LogP contribution is -2.27. The molecule has 1 heterocycles. The van der Waals surface area contributed by atoms with Gasteiger partial charge in [0.25, 0.3) is 5.56 Å². The molecule has 1 atom stereocenters. The fourth-order valence-corrected chi connectivity index (χ4v) is 2.36. The Morgan fingerprint density at radius 1 is 1.63 bits per heavy atom. The second kappa shape index (κ2) is 6.52. The van der Waals surface area contributed by atoms with Crippen LogP contribution in [0.5, 0.6) is 0 Å². The Kier molecular flexibility index (Phi) is 4.99. The Hall–Kier alpha value is -0.880. The van der Waals surface area contributed by atoms with Gasteiger partial charge in [-0.05, 0) is 41.1 Å². The van der Waals surface area contributed by atoms with E-state index in [0.717, 1.165) is 25.7 Å². The maximum Gasteiger partial charge on any atom is 0.283 e. The molecule has 6 heteroatoms. The van der Waals surface area contributed by atoms with Crippen molar-refractivity contribution >= 4 is 21.6 Å². The molecule has 1 aliphatic rings. The third kappa shape index (κ3) is 3.79. The molecule has 0 radical (unpaired) electrons. The van der Waals surface area contributed by atoms with Gasteiger partial charge in [0.2, 0.25) is 0 Å². The summed E-state index contributed by atoms with van der Waals surface area (Å²) in [6, 6.07) is 0. The number of nitrogens with zero attached hydrogens (tertiary/aromatic N) is 2. The van der Waals surface area contributed by atoms with Crippen molar-refractivity contribution in [1.29, 1.82) is 0 Å². The number of halogens is 1. The normalized spacial score (nSPS) is 16.4. The highest BCUT2D eigenvalue weighted by Gasteiger charge is 2.29. The van der Waals surface area contributed by atoms with Crippen molar-refractivity contribution in [2.24, 2.45) is 5.92 Å². The summed E-state index contributed by atoms with van der Waals surface area (Å²) in [5.74, 6) is 0.421. The van der Waals surface area contributed by atoms with Crippen molar-refractivity contribution < 1.29 is 5.11 Å². The van der Waals surface area contributed by atoms with Crippen LogP contribution in [0.3, 0.4) is 0 Å². The Balaban J connectivity index is 2.00. The van der Waals surface area contributed by atoms with Gasteiger partial charge in [-0.15, -0.1) is 0 Å². The van der Waals surface area contributed by atoms with E-state index in [0.29, 0.717) is 29.2 Å². The molecule has 1 saturated carbocycles. The summed E-state index contributed by atoms with van der Waals surface area (Å²) in [5.41, 5.74) is 0.525. The third-order valence-corrected chi connectivity index (χ3v) is 4.14. The van der Waals surface area contributed by atoms with Crippen molar-refractivity contribution in [2.45, 2.75) is 45.3 Å². The Bertz CT molecular complexity index is 485. The fraction of sp³-hybridized carbons (Fsp3) is 0.692. The molecule has 1 aromatic rings. The topological polar surface area (TPSA) is 67.2 Å². The first-order valence-corrected chi connectivity index (χ1v) is 7.60. The molecule has 0 spiro atoms. The van der Waals surface area contributed by atoms with Crippen LogP contribution >= 0.6 is 15.9 Å². The van der Waals surface area contributed by atoms with Crippen molar-refractivity contribution in [3.05, 3.63) is 21.0 Å². The average Bonchev–Trinajstić information content (AvgIpc) is 3.23. The van der Waals surface area contributed by atoms with Gasteiger partial charge in [-0.1, -0.05) is 13.3 Å². The standard InChI is InChI=1S/C13H20BrN3O2/c1-2-3-6-17-13(19)12(14)10(7-16-17)15-8-11(18)9-4-5-9/h7,9,11,15,18H,2-6,8H2,1H3. The first kappa shape index (κ1) is 14.5. The molecule has 1 unspecified atom stereocenters. The van der Waals surface area contributed by atoms with E-state index in [1.807, 2.05) is 0 Å². The van der Waals surface area contributed by atoms with E-state index in [1.54, 1.807) is 6.20 Å². The van der Waals surface area contributed by atoms with Crippen LogP contribution in [0.15, 0.2) is 15.5 Å². The summed E-state index contributed by atoms with van der Waals surface area (Å²) in [6.45, 7) is 3.18. The summed E-state index contributed by atoms with van der Waals surface area (Å²) in [4.78, 5) is 12.0. The maximum absolute atomic E-state index is 12.0. The number of hydrogen-bond acceptors (Lipinski definition) is 4. The summed E-state index contributed by atoms with van der Waals surface area (Å²) in [6.07, 6.45) is 5.46. The van der Waals surface area contributed by atoms with E-state index < -0.39 is 0 Å². The lowest BCUT2D eigenvalue weighted by atomic mass is 10.2. The molecular formula is C13H20BrN3O2. The van der Waals surface area contributed by atoms with Crippen LogP contribution in [-0.2, 0) is 6.54 Å². The van der Waals surface area contributed by atoms with Gasteiger partial charge in [0.05, 0.1) is 18.0 Å². The summed E-state index contributed by atoms with van der Waals surface area (Å²) in [5, 5.41) is 17.0. The monoisotopic (exact) mass is 329 g/mol. The van der Waals surface area contributed by atoms with Gasteiger partial charge in [0.1, 0.15) is 4.47 Å². The van der Waals surface area contributed by atoms with Gasteiger partial charge in [0.15, 0.2) is 0 Å². The van der Waals surface area contributed by atoms with E-state index in [9.17, 15) is 9.90 Å². The lowest BCUT2D eigenvalue weighted by Gasteiger charge is -2.13. The van der Waals surface area contributed by atoms with Crippen molar-refractivity contribution in [2.75, 3.05) is 11.9 Å². The van der Waals surface area contributed by atoms with Gasteiger partial charge in [0, 0.05) is 13.1 Å². The molecule has 0 aromatic carbocycles. The van der Waals surface area contributed by atoms with Crippen LogP contribution in [-0.4, -0.2) is 27.5 Å². The van der Waals surface area contributed by atoms with E-state index >= 15 is 0 Å². The van der Waals surface area contributed by atoms with Crippen LogP contribution in [0.25, 0.3) is 0 Å². The largest absolute Gasteiger partial charge is 0.391 e. The molecule has 1 fully saturated rings.